The second-order valence-corrected chi connectivity index (χ2v) is 8.39. The number of aromatic nitrogens is 3. The monoisotopic (exact) mass is 443 g/mol. The summed E-state index contributed by atoms with van der Waals surface area (Å²) in [6.07, 6.45) is 3.77. The zero-order valence-corrected chi connectivity index (χ0v) is 18.9. The highest BCUT2D eigenvalue weighted by molar-refractivity contribution is 5.78. The second kappa shape index (κ2) is 10.0. The molecule has 7 heteroatoms. The van der Waals surface area contributed by atoms with Gasteiger partial charge in [-0.3, -0.25) is 15.0 Å². The number of aromatic amines is 1. The molecule has 1 fully saturated rings. The van der Waals surface area contributed by atoms with Crippen LogP contribution in [-0.4, -0.2) is 53.5 Å². The van der Waals surface area contributed by atoms with Crippen molar-refractivity contribution in [3.8, 4) is 5.75 Å². The molecule has 1 saturated heterocycles. The lowest BCUT2D eigenvalue weighted by Gasteiger charge is -2.28. The van der Waals surface area contributed by atoms with Crippen LogP contribution in [0.2, 0.25) is 0 Å². The Balaban J connectivity index is 1.42. The molecule has 170 valence electrons. The number of benzene rings is 2. The van der Waals surface area contributed by atoms with Gasteiger partial charge in [-0.1, -0.05) is 24.3 Å². The van der Waals surface area contributed by atoms with Crippen molar-refractivity contribution in [1.82, 2.24) is 20.1 Å². The fourth-order valence-electron chi connectivity index (χ4n) is 4.27. The number of pyridine rings is 1. The van der Waals surface area contributed by atoms with Gasteiger partial charge in [0.15, 0.2) is 0 Å². The molecule has 2 aromatic heterocycles. The van der Waals surface area contributed by atoms with Crippen LogP contribution in [0, 0.1) is 0 Å². The van der Waals surface area contributed by atoms with Crippen LogP contribution in [0.5, 0.6) is 5.75 Å². The summed E-state index contributed by atoms with van der Waals surface area (Å²) in [7, 11) is 1.71. The van der Waals surface area contributed by atoms with Crippen LogP contribution in [0.25, 0.3) is 10.9 Å². The number of anilines is 1. The van der Waals surface area contributed by atoms with E-state index in [-0.39, 0.29) is 0 Å². The van der Waals surface area contributed by atoms with Crippen molar-refractivity contribution < 1.29 is 9.47 Å². The molecule has 0 radical (unpaired) electrons. The third kappa shape index (κ3) is 5.32. The second-order valence-electron chi connectivity index (χ2n) is 8.39. The van der Waals surface area contributed by atoms with Gasteiger partial charge in [-0.15, -0.1) is 0 Å². The van der Waals surface area contributed by atoms with Crippen molar-refractivity contribution in [3.63, 3.8) is 0 Å². The fraction of sp³-hybridized carbons (Fsp3) is 0.308. The predicted octanol–water partition coefficient (Wildman–Crippen LogP) is 4.01. The lowest BCUT2D eigenvalue weighted by Crippen LogP contribution is -2.35. The maximum absolute atomic E-state index is 5.49. The normalized spacial score (nSPS) is 14.5. The largest absolute Gasteiger partial charge is 0.497 e. The van der Waals surface area contributed by atoms with Crippen LogP contribution in [0.3, 0.4) is 0 Å². The van der Waals surface area contributed by atoms with Gasteiger partial charge in [0.2, 0.25) is 0 Å². The van der Waals surface area contributed by atoms with Crippen molar-refractivity contribution >= 4 is 16.6 Å². The highest BCUT2D eigenvalue weighted by Gasteiger charge is 2.14. The number of hydrogen-bond acceptors (Lipinski definition) is 6. The maximum atomic E-state index is 5.49. The molecule has 1 N–H and O–H groups in total. The van der Waals surface area contributed by atoms with Crippen molar-refractivity contribution in [3.05, 3.63) is 83.8 Å². The number of fused-ring (bicyclic) bond motifs is 1. The molecule has 1 aliphatic heterocycles. The van der Waals surface area contributed by atoms with Gasteiger partial charge in [0, 0.05) is 50.0 Å². The number of ether oxygens (including phenoxy) is 2. The van der Waals surface area contributed by atoms with E-state index >= 15 is 0 Å². The van der Waals surface area contributed by atoms with Gasteiger partial charge < -0.3 is 14.4 Å². The number of methoxy groups -OCH3 is 1. The Morgan fingerprint density at radius 1 is 1.03 bits per heavy atom. The molecule has 0 atom stereocenters. The highest BCUT2D eigenvalue weighted by atomic mass is 16.5. The van der Waals surface area contributed by atoms with Crippen molar-refractivity contribution in [2.45, 2.75) is 19.6 Å². The summed E-state index contributed by atoms with van der Waals surface area (Å²) >= 11 is 0. The summed E-state index contributed by atoms with van der Waals surface area (Å²) in [5.41, 5.74) is 5.70. The highest BCUT2D eigenvalue weighted by Crippen LogP contribution is 2.24. The Labute approximate surface area is 194 Å². The van der Waals surface area contributed by atoms with Crippen LogP contribution in [0.4, 0.5) is 5.69 Å². The molecule has 3 heterocycles. The average Bonchev–Trinajstić information content (AvgIpc) is 3.33. The first-order chi connectivity index (χ1) is 16.3. The lowest BCUT2D eigenvalue weighted by atomic mass is 10.1. The van der Waals surface area contributed by atoms with Crippen LogP contribution in [-0.2, 0) is 24.4 Å². The number of nitrogens with one attached hydrogen (secondary N) is 1. The van der Waals surface area contributed by atoms with Crippen molar-refractivity contribution in [2.24, 2.45) is 0 Å². The summed E-state index contributed by atoms with van der Waals surface area (Å²) in [6, 6.07) is 19.0. The van der Waals surface area contributed by atoms with Gasteiger partial charge in [-0.25, -0.2) is 0 Å². The Kier molecular flexibility index (Phi) is 6.51. The quantitative estimate of drug-likeness (QED) is 0.444. The molecule has 33 heavy (non-hydrogen) atoms. The van der Waals surface area contributed by atoms with Gasteiger partial charge in [0.25, 0.3) is 0 Å². The number of hydrogen-bond donors (Lipinski definition) is 1. The molecular weight excluding hydrogens is 414 g/mol. The molecule has 1 aliphatic rings. The minimum atomic E-state index is 0.763. The summed E-state index contributed by atoms with van der Waals surface area (Å²) in [6.45, 7) is 5.85. The number of morpholine rings is 1. The van der Waals surface area contributed by atoms with Crippen LogP contribution in [0.1, 0.15) is 16.8 Å². The predicted molar refractivity (Wildman–Crippen MR) is 129 cm³/mol. The lowest BCUT2D eigenvalue weighted by molar-refractivity contribution is 0.0336. The first kappa shape index (κ1) is 21.4. The van der Waals surface area contributed by atoms with Crippen LogP contribution < -0.4 is 9.64 Å². The van der Waals surface area contributed by atoms with Gasteiger partial charge in [0.05, 0.1) is 37.7 Å². The molecule has 0 spiro atoms. The molecular formula is C26H29N5O2. The van der Waals surface area contributed by atoms with E-state index in [4.69, 9.17) is 9.47 Å². The smallest absolute Gasteiger partial charge is 0.119 e. The molecule has 0 aliphatic carbocycles. The van der Waals surface area contributed by atoms with E-state index in [9.17, 15) is 0 Å². The SMILES string of the molecule is COc1cccc(CN(Cc2ccc3cn[nH]c3c2)c2ccnc(CN3CCOCC3)c2)c1. The van der Waals surface area contributed by atoms with E-state index in [0.29, 0.717) is 0 Å². The number of nitrogens with zero attached hydrogens (tertiary/aromatic N) is 4. The first-order valence-electron chi connectivity index (χ1n) is 11.3. The Morgan fingerprint density at radius 2 is 1.88 bits per heavy atom. The zero-order valence-electron chi connectivity index (χ0n) is 18.9. The Bertz CT molecular complexity index is 1200. The zero-order chi connectivity index (χ0) is 22.5. The van der Waals surface area contributed by atoms with E-state index in [1.54, 1.807) is 7.11 Å². The standard InChI is InChI=1S/C26H29N5O2/c1-32-25-4-2-3-20(13-25)17-31(18-21-5-6-22-16-28-29-26(22)14-21)24-7-8-27-23(15-24)19-30-9-11-33-12-10-30/h2-8,13-16H,9-12,17-19H2,1H3,(H,28,29). The van der Waals surface area contributed by atoms with E-state index in [0.717, 1.165) is 74.0 Å². The Morgan fingerprint density at radius 3 is 2.73 bits per heavy atom. The molecule has 2 aromatic carbocycles. The van der Waals surface area contributed by atoms with E-state index < -0.39 is 0 Å². The van der Waals surface area contributed by atoms with Crippen molar-refractivity contribution in [2.75, 3.05) is 38.3 Å². The molecule has 4 aromatic rings. The number of H-pyrrole nitrogens is 1. The summed E-state index contributed by atoms with van der Waals surface area (Å²) < 4.78 is 10.9. The molecule has 5 rings (SSSR count). The first-order valence-corrected chi connectivity index (χ1v) is 11.3. The molecule has 0 saturated carbocycles. The molecule has 0 amide bonds. The molecule has 0 bridgehead atoms. The van der Waals surface area contributed by atoms with Crippen LogP contribution in [0.15, 0.2) is 67.0 Å². The topological polar surface area (TPSA) is 66.5 Å². The average molecular weight is 444 g/mol. The van der Waals surface area contributed by atoms with E-state index in [1.807, 2.05) is 24.5 Å². The van der Waals surface area contributed by atoms with Gasteiger partial charge in [-0.05, 0) is 41.5 Å². The summed E-state index contributed by atoms with van der Waals surface area (Å²) in [4.78, 5) is 9.43. The van der Waals surface area contributed by atoms with Gasteiger partial charge in [-0.2, -0.15) is 5.10 Å². The Hall–Kier alpha value is -3.42. The third-order valence-electron chi connectivity index (χ3n) is 6.04. The summed E-state index contributed by atoms with van der Waals surface area (Å²) in [5.74, 6) is 0.870. The van der Waals surface area contributed by atoms with Gasteiger partial charge in [0.1, 0.15) is 5.75 Å². The van der Waals surface area contributed by atoms with Crippen molar-refractivity contribution in [1.29, 1.82) is 0 Å². The van der Waals surface area contributed by atoms with Crippen LogP contribution >= 0.6 is 0 Å². The maximum Gasteiger partial charge on any atom is 0.119 e. The van der Waals surface area contributed by atoms with E-state index in [1.165, 1.54) is 11.1 Å². The number of rotatable bonds is 8. The minimum absolute atomic E-state index is 0.763. The molecule has 7 nitrogen and oxygen atoms in total. The van der Waals surface area contributed by atoms with Gasteiger partial charge >= 0.3 is 0 Å². The minimum Gasteiger partial charge on any atom is -0.497 e. The molecule has 0 unspecified atom stereocenters. The fourth-order valence-corrected chi connectivity index (χ4v) is 4.27. The third-order valence-corrected chi connectivity index (χ3v) is 6.04. The van der Waals surface area contributed by atoms with E-state index in [2.05, 4.69) is 67.4 Å². The summed E-state index contributed by atoms with van der Waals surface area (Å²) in [5, 5.41) is 8.36.